The molecule has 6 aromatic rings. The molecule has 0 bridgehead atoms. The highest BCUT2D eigenvalue weighted by atomic mass is 14.9. The lowest BCUT2D eigenvalue weighted by atomic mass is 9.95. The molecule has 6 rings (SSSR count). The number of fused-ring (bicyclic) bond motifs is 3. The topological polar surface area (TPSA) is 77.3 Å². The van der Waals surface area contributed by atoms with Crippen LogP contribution < -0.4 is 0 Å². The van der Waals surface area contributed by atoms with Gasteiger partial charge >= 0.3 is 0 Å². The Morgan fingerprint density at radius 1 is 0.545 bits per heavy atom. The number of nitrogens with zero attached hydrogens (tertiary/aromatic N) is 6. The van der Waals surface area contributed by atoms with Gasteiger partial charge < -0.3 is 0 Å². The normalized spacial score (nSPS) is 11.4. The zero-order chi connectivity index (χ0) is 22.2. The number of hydrogen-bond donors (Lipinski definition) is 0. The van der Waals surface area contributed by atoms with Gasteiger partial charge in [0.1, 0.15) is 11.8 Å². The highest BCUT2D eigenvalue weighted by molar-refractivity contribution is 5.90. The third kappa shape index (κ3) is 3.46. The lowest BCUT2D eigenvalue weighted by molar-refractivity contribution is 1.03. The maximum Gasteiger partial charge on any atom is 0.181 e. The Labute approximate surface area is 190 Å². The Morgan fingerprint density at radius 2 is 1.30 bits per heavy atom. The van der Waals surface area contributed by atoms with E-state index in [1.807, 2.05) is 12.4 Å². The standard InChI is InChI=1S/C27H20N6/c1-17-21-6-2-4-18(22(21)9-11-28-17)14-19-8-10-29-25-20(5-3-7-23(19)25)15-24-26-27(33-16-32-24)31-13-12-30-26/h2-13,16H,14-15H2,1H3. The number of benzene rings is 2. The molecule has 0 unspecified atom stereocenters. The first-order valence-corrected chi connectivity index (χ1v) is 10.9. The molecule has 0 radical (unpaired) electrons. The lowest BCUT2D eigenvalue weighted by Gasteiger charge is -2.12. The maximum atomic E-state index is 4.75. The lowest BCUT2D eigenvalue weighted by Crippen LogP contribution is -2.00. The molecule has 0 atom stereocenters. The van der Waals surface area contributed by atoms with Crippen molar-refractivity contribution in [2.24, 2.45) is 0 Å². The van der Waals surface area contributed by atoms with E-state index in [0.29, 0.717) is 12.1 Å². The third-order valence-electron chi connectivity index (χ3n) is 6.13. The average molecular weight is 428 g/mol. The number of hydrogen-bond acceptors (Lipinski definition) is 6. The van der Waals surface area contributed by atoms with Crippen molar-refractivity contribution in [1.82, 2.24) is 29.9 Å². The molecule has 0 aliphatic heterocycles. The molecule has 6 heteroatoms. The fraction of sp³-hybridized carbons (Fsp3) is 0.111. The van der Waals surface area contributed by atoms with Crippen LogP contribution in [0.1, 0.15) is 28.1 Å². The minimum Gasteiger partial charge on any atom is -0.261 e. The molecule has 158 valence electrons. The molecule has 0 aliphatic carbocycles. The van der Waals surface area contributed by atoms with Gasteiger partial charge in [-0.05, 0) is 47.6 Å². The minimum atomic E-state index is 0.608. The van der Waals surface area contributed by atoms with Crippen molar-refractivity contribution < 1.29 is 0 Å². The summed E-state index contributed by atoms with van der Waals surface area (Å²) in [5.41, 5.74) is 7.87. The fourth-order valence-corrected chi connectivity index (χ4v) is 4.52. The Kier molecular flexibility index (Phi) is 4.69. The molecule has 33 heavy (non-hydrogen) atoms. The van der Waals surface area contributed by atoms with Crippen LogP contribution in [0.3, 0.4) is 0 Å². The van der Waals surface area contributed by atoms with Crippen LogP contribution in [0, 0.1) is 6.92 Å². The quantitative estimate of drug-likeness (QED) is 0.393. The summed E-state index contributed by atoms with van der Waals surface area (Å²) in [7, 11) is 0. The highest BCUT2D eigenvalue weighted by Gasteiger charge is 2.12. The van der Waals surface area contributed by atoms with Crippen LogP contribution in [0.4, 0.5) is 0 Å². The van der Waals surface area contributed by atoms with Crippen LogP contribution in [0.25, 0.3) is 32.8 Å². The summed E-state index contributed by atoms with van der Waals surface area (Å²) >= 11 is 0. The van der Waals surface area contributed by atoms with Gasteiger partial charge in [0.05, 0.1) is 11.2 Å². The van der Waals surface area contributed by atoms with E-state index in [1.165, 1.54) is 21.9 Å². The predicted octanol–water partition coefficient (Wildman–Crippen LogP) is 5.01. The first kappa shape index (κ1) is 19.4. The molecule has 4 aromatic heterocycles. The van der Waals surface area contributed by atoms with Crippen molar-refractivity contribution in [3.05, 3.63) is 108 Å². The molecule has 0 amide bonds. The molecular formula is C27H20N6. The average Bonchev–Trinajstić information content (AvgIpc) is 2.85. The van der Waals surface area contributed by atoms with Crippen molar-refractivity contribution in [2.75, 3.05) is 0 Å². The summed E-state index contributed by atoms with van der Waals surface area (Å²) in [6, 6.07) is 17.0. The predicted molar refractivity (Wildman–Crippen MR) is 129 cm³/mol. The molecular weight excluding hydrogens is 408 g/mol. The minimum absolute atomic E-state index is 0.608. The van der Waals surface area contributed by atoms with E-state index in [-0.39, 0.29) is 0 Å². The van der Waals surface area contributed by atoms with Crippen LogP contribution in [0.2, 0.25) is 0 Å². The fourth-order valence-electron chi connectivity index (χ4n) is 4.52. The summed E-state index contributed by atoms with van der Waals surface area (Å²) in [4.78, 5) is 26.7. The number of rotatable bonds is 4. The zero-order valence-electron chi connectivity index (χ0n) is 18.1. The maximum absolute atomic E-state index is 4.75. The van der Waals surface area contributed by atoms with E-state index in [9.17, 15) is 0 Å². The summed E-state index contributed by atoms with van der Waals surface area (Å²) < 4.78 is 0. The van der Waals surface area contributed by atoms with E-state index in [1.54, 1.807) is 18.7 Å². The van der Waals surface area contributed by atoms with Gasteiger partial charge in [-0.2, -0.15) is 0 Å². The van der Waals surface area contributed by atoms with Gasteiger partial charge in [0.2, 0.25) is 0 Å². The largest absolute Gasteiger partial charge is 0.261 e. The van der Waals surface area contributed by atoms with Gasteiger partial charge in [0.15, 0.2) is 5.65 Å². The second kappa shape index (κ2) is 7.98. The first-order valence-electron chi connectivity index (χ1n) is 10.9. The van der Waals surface area contributed by atoms with E-state index < -0.39 is 0 Å². The second-order valence-corrected chi connectivity index (χ2v) is 8.09. The Balaban J connectivity index is 1.44. The Hall–Kier alpha value is -4.32. The monoisotopic (exact) mass is 428 g/mol. The van der Waals surface area contributed by atoms with Crippen LogP contribution in [-0.4, -0.2) is 29.9 Å². The van der Waals surface area contributed by atoms with Crippen molar-refractivity contribution in [3.8, 4) is 0 Å². The summed E-state index contributed by atoms with van der Waals surface area (Å²) in [6.45, 7) is 2.06. The van der Waals surface area contributed by atoms with Crippen LogP contribution in [0.5, 0.6) is 0 Å². The number of aryl methyl sites for hydroxylation is 1. The molecule has 0 fully saturated rings. The second-order valence-electron chi connectivity index (χ2n) is 8.09. The van der Waals surface area contributed by atoms with Gasteiger partial charge in [0, 0.05) is 47.7 Å². The van der Waals surface area contributed by atoms with Crippen LogP contribution in [0.15, 0.2) is 79.6 Å². The van der Waals surface area contributed by atoms with E-state index in [4.69, 9.17) is 4.98 Å². The van der Waals surface area contributed by atoms with Gasteiger partial charge in [-0.15, -0.1) is 0 Å². The Morgan fingerprint density at radius 3 is 2.24 bits per heavy atom. The van der Waals surface area contributed by atoms with E-state index in [0.717, 1.165) is 39.8 Å². The van der Waals surface area contributed by atoms with E-state index in [2.05, 4.69) is 80.4 Å². The molecule has 6 nitrogen and oxygen atoms in total. The van der Waals surface area contributed by atoms with E-state index >= 15 is 0 Å². The Bertz CT molecular complexity index is 1640. The SMILES string of the molecule is Cc1nccc2c(Cc3ccnc4c(Cc5ncnc6nccnc56)cccc34)cccc12. The molecule has 0 saturated carbocycles. The van der Waals surface area contributed by atoms with Crippen LogP contribution >= 0.6 is 0 Å². The summed E-state index contributed by atoms with van der Waals surface area (Å²) in [5.74, 6) is 0. The zero-order valence-corrected chi connectivity index (χ0v) is 18.1. The highest BCUT2D eigenvalue weighted by Crippen LogP contribution is 2.28. The number of pyridine rings is 2. The molecule has 0 spiro atoms. The van der Waals surface area contributed by atoms with Crippen LogP contribution in [-0.2, 0) is 12.8 Å². The van der Waals surface area contributed by atoms with Gasteiger partial charge in [0.25, 0.3) is 0 Å². The summed E-state index contributed by atoms with van der Waals surface area (Å²) in [6.07, 6.45) is 10.1. The van der Waals surface area contributed by atoms with Gasteiger partial charge in [-0.25, -0.2) is 19.9 Å². The first-order chi connectivity index (χ1) is 16.3. The molecule has 4 heterocycles. The number of para-hydroxylation sites is 1. The van der Waals surface area contributed by atoms with Crippen molar-refractivity contribution in [2.45, 2.75) is 19.8 Å². The van der Waals surface area contributed by atoms with Crippen molar-refractivity contribution in [1.29, 1.82) is 0 Å². The van der Waals surface area contributed by atoms with Gasteiger partial charge in [-0.3, -0.25) is 9.97 Å². The summed E-state index contributed by atoms with van der Waals surface area (Å²) in [5, 5.41) is 3.60. The third-order valence-corrected chi connectivity index (χ3v) is 6.13. The van der Waals surface area contributed by atoms with Crippen molar-refractivity contribution in [3.63, 3.8) is 0 Å². The smallest absolute Gasteiger partial charge is 0.181 e. The van der Waals surface area contributed by atoms with Gasteiger partial charge in [-0.1, -0.05) is 36.4 Å². The molecule has 2 aromatic carbocycles. The molecule has 0 aliphatic rings. The van der Waals surface area contributed by atoms with Crippen molar-refractivity contribution >= 4 is 32.8 Å². The molecule has 0 saturated heterocycles. The number of aromatic nitrogens is 6. The molecule has 0 N–H and O–H groups in total.